The van der Waals surface area contributed by atoms with Gasteiger partial charge in [-0.05, 0) is 18.6 Å². The number of aromatic nitrogens is 1. The zero-order valence-electron chi connectivity index (χ0n) is 10.6. The van der Waals surface area contributed by atoms with Gasteiger partial charge in [0.2, 0.25) is 0 Å². The van der Waals surface area contributed by atoms with E-state index in [1.807, 2.05) is 4.72 Å². The predicted octanol–water partition coefficient (Wildman–Crippen LogP) is 1.48. The van der Waals surface area contributed by atoms with Crippen LogP contribution in [0.15, 0.2) is 34.0 Å². The molecule has 10 heteroatoms. The van der Waals surface area contributed by atoms with Gasteiger partial charge in [0.25, 0.3) is 21.6 Å². The smallest absolute Gasteiger partial charge is 0.266 e. The minimum atomic E-state index is -4.12. The zero-order chi connectivity index (χ0) is 15.6. The lowest BCUT2D eigenvalue weighted by atomic mass is 10.2. The summed E-state index contributed by atoms with van der Waals surface area (Å²) in [7, 11) is -4.12. The summed E-state index contributed by atoms with van der Waals surface area (Å²) >= 11 is 1.16. The van der Waals surface area contributed by atoms with E-state index in [9.17, 15) is 23.3 Å². The van der Waals surface area contributed by atoms with Crippen molar-refractivity contribution in [3.63, 3.8) is 0 Å². The molecule has 1 heterocycles. The fraction of sp³-hybridized carbons (Fsp3) is 0.0909. The van der Waals surface area contributed by atoms with Crippen LogP contribution in [0.25, 0.3) is 0 Å². The Hall–Kier alpha value is -2.33. The minimum Gasteiger partial charge on any atom is -0.266 e. The van der Waals surface area contributed by atoms with Gasteiger partial charge in [0.15, 0.2) is 0 Å². The average Bonchev–Trinajstić information content (AvgIpc) is 2.91. The Bertz CT molecular complexity index is 799. The van der Waals surface area contributed by atoms with Crippen molar-refractivity contribution < 1.29 is 18.1 Å². The molecule has 0 saturated carbocycles. The predicted molar refractivity (Wildman–Crippen MR) is 74.6 cm³/mol. The van der Waals surface area contributed by atoms with Crippen molar-refractivity contribution in [1.29, 1.82) is 0 Å². The number of hydrogen-bond donors (Lipinski definition) is 1. The molecule has 0 unspecified atom stereocenters. The maximum absolute atomic E-state index is 12.1. The summed E-state index contributed by atoms with van der Waals surface area (Å²) in [6.45, 7) is 1.41. The molecule has 0 saturated heterocycles. The van der Waals surface area contributed by atoms with Gasteiger partial charge in [0.1, 0.15) is 5.69 Å². The van der Waals surface area contributed by atoms with Gasteiger partial charge in [-0.25, -0.2) is 18.1 Å². The number of benzene rings is 1. The summed E-state index contributed by atoms with van der Waals surface area (Å²) in [4.78, 5) is 25.2. The number of rotatable bonds is 4. The molecule has 1 aromatic carbocycles. The van der Waals surface area contributed by atoms with E-state index in [4.69, 9.17) is 0 Å². The number of amides is 1. The van der Waals surface area contributed by atoms with Crippen LogP contribution < -0.4 is 4.72 Å². The second kappa shape index (κ2) is 5.58. The van der Waals surface area contributed by atoms with Crippen molar-refractivity contribution in [2.24, 2.45) is 0 Å². The second-order valence-corrected chi connectivity index (χ2v) is 6.38. The van der Waals surface area contributed by atoms with Crippen LogP contribution in [0.5, 0.6) is 0 Å². The highest BCUT2D eigenvalue weighted by atomic mass is 32.2. The number of nitrogens with one attached hydrogen (secondary N) is 1. The molecule has 8 nitrogen and oxygen atoms in total. The van der Waals surface area contributed by atoms with Gasteiger partial charge in [-0.3, -0.25) is 14.9 Å². The van der Waals surface area contributed by atoms with Crippen LogP contribution >= 0.6 is 11.3 Å². The Morgan fingerprint density at radius 3 is 2.67 bits per heavy atom. The number of thiazole rings is 1. The molecule has 21 heavy (non-hydrogen) atoms. The molecule has 0 spiro atoms. The van der Waals surface area contributed by atoms with Crippen LogP contribution in [-0.2, 0) is 10.0 Å². The average molecular weight is 327 g/mol. The van der Waals surface area contributed by atoms with Gasteiger partial charge in [0, 0.05) is 17.5 Å². The van der Waals surface area contributed by atoms with E-state index in [0.717, 1.165) is 29.5 Å². The standard InChI is InChI=1S/C11H9N3O5S2/c1-7-4-8(14(16)17)2-3-10(7)21(18,19)13-11(15)9-5-20-6-12-9/h2-6H,1H3,(H,13,15). The van der Waals surface area contributed by atoms with Crippen molar-refractivity contribution in [3.05, 3.63) is 50.5 Å². The number of carbonyl (C=O) groups excluding carboxylic acids is 1. The van der Waals surface area contributed by atoms with Crippen LogP contribution in [0.4, 0.5) is 5.69 Å². The fourth-order valence-electron chi connectivity index (χ4n) is 1.60. The molecule has 1 aromatic heterocycles. The summed E-state index contributed by atoms with van der Waals surface area (Å²) in [5.41, 5.74) is 1.33. The number of sulfonamides is 1. The molecule has 1 amide bonds. The molecule has 2 aromatic rings. The Kier molecular flexibility index (Phi) is 4.00. The van der Waals surface area contributed by atoms with Crippen LogP contribution in [0.1, 0.15) is 16.1 Å². The van der Waals surface area contributed by atoms with E-state index >= 15 is 0 Å². The summed E-state index contributed by atoms with van der Waals surface area (Å²) in [5.74, 6) is -0.853. The molecule has 0 aliphatic heterocycles. The molecule has 0 atom stereocenters. The third kappa shape index (κ3) is 3.23. The molecule has 2 rings (SSSR count). The summed E-state index contributed by atoms with van der Waals surface area (Å²) in [5, 5.41) is 12.0. The SMILES string of the molecule is Cc1cc([N+](=O)[O-])ccc1S(=O)(=O)NC(=O)c1cscn1. The van der Waals surface area contributed by atoms with E-state index in [1.165, 1.54) is 17.8 Å². The number of nitro benzene ring substituents is 1. The van der Waals surface area contributed by atoms with Crippen LogP contribution in [0.3, 0.4) is 0 Å². The Morgan fingerprint density at radius 1 is 1.43 bits per heavy atom. The van der Waals surface area contributed by atoms with Gasteiger partial charge in [-0.2, -0.15) is 0 Å². The van der Waals surface area contributed by atoms with Gasteiger partial charge >= 0.3 is 0 Å². The normalized spacial score (nSPS) is 11.1. The molecular weight excluding hydrogens is 318 g/mol. The molecule has 0 aliphatic rings. The largest absolute Gasteiger partial charge is 0.284 e. The van der Waals surface area contributed by atoms with Crippen molar-refractivity contribution >= 4 is 33.0 Å². The molecule has 0 radical (unpaired) electrons. The van der Waals surface area contributed by atoms with Crippen molar-refractivity contribution in [3.8, 4) is 0 Å². The topological polar surface area (TPSA) is 119 Å². The van der Waals surface area contributed by atoms with Crippen LogP contribution in [0, 0.1) is 17.0 Å². The molecule has 1 N–H and O–H groups in total. The maximum atomic E-state index is 12.1. The highest BCUT2D eigenvalue weighted by Gasteiger charge is 2.23. The third-order valence-corrected chi connectivity index (χ3v) is 4.63. The third-order valence-electron chi connectivity index (χ3n) is 2.55. The van der Waals surface area contributed by atoms with E-state index in [2.05, 4.69) is 4.98 Å². The first-order chi connectivity index (χ1) is 9.81. The monoisotopic (exact) mass is 327 g/mol. The number of nitro groups is 1. The first-order valence-electron chi connectivity index (χ1n) is 5.51. The first kappa shape index (κ1) is 15.1. The van der Waals surface area contributed by atoms with Crippen LogP contribution in [-0.4, -0.2) is 24.2 Å². The van der Waals surface area contributed by atoms with Gasteiger partial charge in [0.05, 0.1) is 15.3 Å². The van der Waals surface area contributed by atoms with Crippen LogP contribution in [0.2, 0.25) is 0 Å². The Morgan fingerprint density at radius 2 is 2.14 bits per heavy atom. The number of non-ortho nitro benzene ring substituents is 1. The van der Waals surface area contributed by atoms with E-state index in [1.54, 1.807) is 0 Å². The van der Waals surface area contributed by atoms with E-state index in [0.29, 0.717) is 0 Å². The number of aryl methyl sites for hydroxylation is 1. The van der Waals surface area contributed by atoms with Gasteiger partial charge in [-0.1, -0.05) is 0 Å². The summed E-state index contributed by atoms with van der Waals surface area (Å²) < 4.78 is 26.1. The van der Waals surface area contributed by atoms with Crippen molar-refractivity contribution in [2.75, 3.05) is 0 Å². The lowest BCUT2D eigenvalue weighted by Crippen LogP contribution is -2.31. The number of hydrogen-bond acceptors (Lipinski definition) is 7. The first-order valence-corrected chi connectivity index (χ1v) is 7.94. The highest BCUT2D eigenvalue weighted by Crippen LogP contribution is 2.21. The molecule has 110 valence electrons. The minimum absolute atomic E-state index is 0.0110. The molecule has 0 aliphatic carbocycles. The van der Waals surface area contributed by atoms with Gasteiger partial charge in [-0.15, -0.1) is 11.3 Å². The van der Waals surface area contributed by atoms with Crippen molar-refractivity contribution in [1.82, 2.24) is 9.71 Å². The second-order valence-electron chi connectivity index (χ2n) is 4.02. The lowest BCUT2D eigenvalue weighted by Gasteiger charge is -2.08. The Balaban J connectivity index is 2.32. The van der Waals surface area contributed by atoms with E-state index < -0.39 is 20.9 Å². The molecule has 0 fully saturated rings. The lowest BCUT2D eigenvalue weighted by molar-refractivity contribution is -0.385. The molecular formula is C11H9N3O5S2. The Labute approximate surface area is 123 Å². The maximum Gasteiger partial charge on any atom is 0.284 e. The van der Waals surface area contributed by atoms with Crippen molar-refractivity contribution in [2.45, 2.75) is 11.8 Å². The quantitative estimate of drug-likeness (QED) is 0.671. The fourth-order valence-corrected chi connectivity index (χ4v) is 3.32. The summed E-state index contributed by atoms with van der Waals surface area (Å²) in [6, 6.07) is 3.28. The van der Waals surface area contributed by atoms with E-state index in [-0.39, 0.29) is 21.8 Å². The number of carbonyl (C=O) groups is 1. The number of nitrogens with zero attached hydrogens (tertiary/aromatic N) is 2. The zero-order valence-corrected chi connectivity index (χ0v) is 12.3. The molecule has 0 bridgehead atoms. The highest BCUT2D eigenvalue weighted by molar-refractivity contribution is 7.90. The van der Waals surface area contributed by atoms with Gasteiger partial charge < -0.3 is 0 Å². The summed E-state index contributed by atoms with van der Waals surface area (Å²) in [6.07, 6.45) is 0.